The van der Waals surface area contributed by atoms with Gasteiger partial charge in [0.25, 0.3) is 5.91 Å². The van der Waals surface area contributed by atoms with Crippen molar-refractivity contribution in [2.75, 3.05) is 12.4 Å². The highest BCUT2D eigenvalue weighted by atomic mass is 79.9. The Morgan fingerprint density at radius 3 is 2.62 bits per heavy atom. The van der Waals surface area contributed by atoms with Crippen LogP contribution in [0.1, 0.15) is 0 Å². The van der Waals surface area contributed by atoms with E-state index in [0.29, 0.717) is 0 Å². The van der Waals surface area contributed by atoms with Crippen molar-refractivity contribution in [3.8, 4) is 0 Å². The number of nitrogens with zero attached hydrogens (tertiary/aromatic N) is 1. The molecule has 0 aliphatic carbocycles. The number of amides is 1. The molecule has 0 N–H and O–H groups in total. The number of rotatable bonds is 2. The van der Waals surface area contributed by atoms with Crippen LogP contribution in [0.15, 0.2) is 0 Å². The number of carbonyl (C=O) groups excluding carboxylic acids is 1. The molecule has 48 valence electrons. The van der Waals surface area contributed by atoms with E-state index in [1.807, 2.05) is 0 Å². The molecular formula is C3H5BrClNO2. The van der Waals surface area contributed by atoms with Gasteiger partial charge in [0.2, 0.25) is 0 Å². The Morgan fingerprint density at radius 1 is 2.00 bits per heavy atom. The molecule has 3 nitrogen and oxygen atoms in total. The van der Waals surface area contributed by atoms with Crippen LogP contribution in [0.25, 0.3) is 0 Å². The van der Waals surface area contributed by atoms with E-state index in [0.717, 1.165) is 5.06 Å². The van der Waals surface area contributed by atoms with Gasteiger partial charge in [0, 0.05) is 7.05 Å². The molecule has 0 unspecified atom stereocenters. The van der Waals surface area contributed by atoms with E-state index in [2.05, 4.69) is 20.3 Å². The summed E-state index contributed by atoms with van der Waals surface area (Å²) in [4.78, 5) is 10.4. The van der Waals surface area contributed by atoms with E-state index >= 15 is 0 Å². The van der Waals surface area contributed by atoms with Crippen molar-refractivity contribution >= 4 is 33.7 Å². The molecule has 0 aromatic carbocycles. The number of halogens is 2. The average Bonchev–Trinajstić information content (AvgIpc) is 1.84. The third-order valence-corrected chi connectivity index (χ3v) is 1.26. The lowest BCUT2D eigenvalue weighted by Gasteiger charge is -2.07. The number of alkyl halides is 1. The van der Waals surface area contributed by atoms with Crippen molar-refractivity contribution in [1.82, 2.24) is 5.06 Å². The first kappa shape index (κ1) is 8.20. The summed E-state index contributed by atoms with van der Waals surface area (Å²) in [6, 6.07) is 0. The highest BCUT2D eigenvalue weighted by Gasteiger charge is 2.04. The summed E-state index contributed by atoms with van der Waals surface area (Å²) < 4.78 is 4.03. The topological polar surface area (TPSA) is 29.5 Å². The van der Waals surface area contributed by atoms with Crippen LogP contribution in [0, 0.1) is 0 Å². The van der Waals surface area contributed by atoms with E-state index in [-0.39, 0.29) is 11.2 Å². The van der Waals surface area contributed by atoms with E-state index < -0.39 is 0 Å². The lowest BCUT2D eigenvalue weighted by atomic mass is 10.7. The summed E-state index contributed by atoms with van der Waals surface area (Å²) in [5.41, 5.74) is 0. The summed E-state index contributed by atoms with van der Waals surface area (Å²) in [6.45, 7) is 0. The molecule has 0 fully saturated rings. The minimum absolute atomic E-state index is 0.218. The number of carbonyl (C=O) groups is 1. The highest BCUT2D eigenvalue weighted by Crippen LogP contribution is 1.92. The normalized spacial score (nSPS) is 8.88. The van der Waals surface area contributed by atoms with Gasteiger partial charge in [-0.3, -0.25) is 4.79 Å². The summed E-state index contributed by atoms with van der Waals surface area (Å²) in [5.74, 6) is -0.222. The van der Waals surface area contributed by atoms with Crippen LogP contribution in [0.3, 0.4) is 0 Å². The van der Waals surface area contributed by atoms with Gasteiger partial charge in [0.1, 0.15) is 0 Å². The lowest BCUT2D eigenvalue weighted by Crippen LogP contribution is -2.24. The summed E-state index contributed by atoms with van der Waals surface area (Å²) in [7, 11) is 1.43. The van der Waals surface area contributed by atoms with Crippen molar-refractivity contribution in [3.05, 3.63) is 0 Å². The second-order valence-electron chi connectivity index (χ2n) is 1.09. The maximum absolute atomic E-state index is 10.4. The first-order valence-corrected chi connectivity index (χ1v) is 3.26. The molecule has 0 aliphatic heterocycles. The molecule has 0 bridgehead atoms. The maximum atomic E-state index is 10.4. The van der Waals surface area contributed by atoms with E-state index in [1.54, 1.807) is 0 Å². The average molecular weight is 202 g/mol. The Kier molecular flexibility index (Phi) is 4.22. The molecule has 0 aromatic rings. The van der Waals surface area contributed by atoms with Crippen molar-refractivity contribution in [1.29, 1.82) is 0 Å². The first-order chi connectivity index (χ1) is 3.72. The molecule has 0 atom stereocenters. The van der Waals surface area contributed by atoms with Crippen LogP contribution in [-0.2, 0) is 9.18 Å². The Labute approximate surface area is 60.8 Å². The first-order valence-electron chi connectivity index (χ1n) is 1.83. The summed E-state index contributed by atoms with van der Waals surface area (Å²) >= 11 is 7.74. The zero-order valence-corrected chi connectivity index (χ0v) is 6.57. The van der Waals surface area contributed by atoms with Crippen molar-refractivity contribution in [2.45, 2.75) is 0 Å². The lowest BCUT2D eigenvalue weighted by molar-refractivity contribution is -0.148. The molecule has 1 amide bonds. The largest absolute Gasteiger partial charge is 0.272 e. The Bertz CT molecular complexity index is 89.4. The smallest absolute Gasteiger partial charge is 0.257 e. The van der Waals surface area contributed by atoms with Gasteiger partial charge in [-0.25, -0.2) is 5.06 Å². The quantitative estimate of drug-likeness (QED) is 0.492. The fourth-order valence-electron chi connectivity index (χ4n) is 0.123. The predicted octanol–water partition coefficient (Wildman–Crippen LogP) is 0.925. The SMILES string of the molecule is CN(OCl)C(=O)CBr. The van der Waals surface area contributed by atoms with Crippen LogP contribution in [0.2, 0.25) is 0 Å². The monoisotopic (exact) mass is 201 g/mol. The molecule has 8 heavy (non-hydrogen) atoms. The van der Waals surface area contributed by atoms with Gasteiger partial charge >= 0.3 is 0 Å². The maximum Gasteiger partial charge on any atom is 0.257 e. The van der Waals surface area contributed by atoms with Crippen LogP contribution in [0.4, 0.5) is 0 Å². The van der Waals surface area contributed by atoms with Gasteiger partial charge in [-0.15, -0.1) is 0 Å². The number of hydroxylamine groups is 2. The van der Waals surface area contributed by atoms with Gasteiger partial charge in [0.15, 0.2) is 0 Å². The molecule has 0 spiro atoms. The van der Waals surface area contributed by atoms with Gasteiger partial charge in [0.05, 0.1) is 17.2 Å². The summed E-state index contributed by atoms with van der Waals surface area (Å²) in [5, 5.41) is 1.15. The molecular weight excluding hydrogens is 197 g/mol. The Balaban J connectivity index is 3.46. The van der Waals surface area contributed by atoms with Gasteiger partial charge in [-0.2, -0.15) is 4.39 Å². The van der Waals surface area contributed by atoms with Gasteiger partial charge in [-0.1, -0.05) is 15.9 Å². The summed E-state index contributed by atoms with van der Waals surface area (Å²) in [6.07, 6.45) is 0. The van der Waals surface area contributed by atoms with Crippen LogP contribution < -0.4 is 0 Å². The van der Waals surface area contributed by atoms with Gasteiger partial charge < -0.3 is 0 Å². The van der Waals surface area contributed by atoms with E-state index in [4.69, 9.17) is 11.9 Å². The zero-order valence-electron chi connectivity index (χ0n) is 4.23. The molecule has 0 aromatic heterocycles. The fraction of sp³-hybridized carbons (Fsp3) is 0.667. The third-order valence-electron chi connectivity index (χ3n) is 0.569. The zero-order chi connectivity index (χ0) is 6.57. The highest BCUT2D eigenvalue weighted by molar-refractivity contribution is 9.09. The minimum atomic E-state index is -0.222. The second kappa shape index (κ2) is 4.12. The van der Waals surface area contributed by atoms with Crippen molar-refractivity contribution in [2.24, 2.45) is 0 Å². The molecule has 0 radical (unpaired) electrons. The van der Waals surface area contributed by atoms with Crippen molar-refractivity contribution < 1.29 is 9.18 Å². The van der Waals surface area contributed by atoms with Gasteiger partial charge in [-0.05, 0) is 0 Å². The molecule has 5 heteroatoms. The van der Waals surface area contributed by atoms with E-state index in [9.17, 15) is 4.79 Å². The van der Waals surface area contributed by atoms with Crippen LogP contribution in [0.5, 0.6) is 0 Å². The molecule has 0 rings (SSSR count). The van der Waals surface area contributed by atoms with Crippen molar-refractivity contribution in [3.63, 3.8) is 0 Å². The predicted molar refractivity (Wildman–Crippen MR) is 33.5 cm³/mol. The van der Waals surface area contributed by atoms with Crippen LogP contribution in [-0.4, -0.2) is 23.3 Å². The Hall–Kier alpha value is 0.200. The molecule has 0 saturated heterocycles. The van der Waals surface area contributed by atoms with Crippen LogP contribution >= 0.6 is 27.8 Å². The molecule has 0 saturated carbocycles. The fourth-order valence-corrected chi connectivity index (χ4v) is 0.553. The second-order valence-corrected chi connectivity index (χ2v) is 1.79. The molecule has 0 aliphatic rings. The standard InChI is InChI=1S/C3H5BrClNO2/c1-6(8-5)3(7)2-4/h2H2,1H3. The minimum Gasteiger partial charge on any atom is -0.272 e. The number of hydrogen-bond donors (Lipinski definition) is 0. The van der Waals surface area contributed by atoms with E-state index in [1.165, 1.54) is 7.05 Å². The number of hydrogen-bond acceptors (Lipinski definition) is 2. The Morgan fingerprint density at radius 2 is 2.50 bits per heavy atom. The molecule has 0 heterocycles. The third kappa shape index (κ3) is 2.49.